The Bertz CT molecular complexity index is 402. The first-order valence-electron chi connectivity index (χ1n) is 8.73. The molecule has 1 aliphatic carbocycles. The minimum Gasteiger partial charge on any atom is -1.00 e. The molecule has 0 saturated heterocycles. The number of nitrogens with zero attached hydrogens (tertiary/aromatic N) is 1. The maximum atomic E-state index is 2.44. The van der Waals surface area contributed by atoms with E-state index in [-0.39, 0.29) is 24.8 Å². The first-order valence-corrected chi connectivity index (χ1v) is 9.51. The molecule has 0 aromatic heterocycles. The summed E-state index contributed by atoms with van der Waals surface area (Å²) >= 11 is 2.39. The van der Waals surface area contributed by atoms with E-state index in [4.69, 9.17) is 0 Å². The molecule has 0 aliphatic heterocycles. The van der Waals surface area contributed by atoms with Crippen molar-refractivity contribution >= 4 is 0 Å². The molecule has 0 aromatic rings. The number of rotatable bonds is 9. The van der Waals surface area contributed by atoms with E-state index in [1.54, 1.807) is 20.6 Å². The summed E-state index contributed by atoms with van der Waals surface area (Å²) in [6.45, 7) is 10.7. The third-order valence-electron chi connectivity index (χ3n) is 4.77. The van der Waals surface area contributed by atoms with Crippen LogP contribution in [-0.2, 0) is 20.4 Å². The van der Waals surface area contributed by atoms with Gasteiger partial charge in [-0.1, -0.05) is 0 Å². The molecular formula is C19H34Cl2NTi. The van der Waals surface area contributed by atoms with Crippen molar-refractivity contribution in [2.75, 3.05) is 20.6 Å². The fourth-order valence-electron chi connectivity index (χ4n) is 3.54. The summed E-state index contributed by atoms with van der Waals surface area (Å²) in [6.07, 6.45) is 7.75. The number of hydrogen-bond donors (Lipinski definition) is 0. The van der Waals surface area contributed by atoms with Crippen LogP contribution < -0.4 is 24.8 Å². The van der Waals surface area contributed by atoms with Gasteiger partial charge in [-0.2, -0.15) is 0 Å². The Balaban J connectivity index is 0. The van der Waals surface area contributed by atoms with Crippen LogP contribution in [0.15, 0.2) is 20.6 Å². The van der Waals surface area contributed by atoms with Crippen molar-refractivity contribution in [2.24, 2.45) is 11.8 Å². The molecule has 0 bridgehead atoms. The van der Waals surface area contributed by atoms with Crippen LogP contribution in [0.1, 0.15) is 66.2 Å². The van der Waals surface area contributed by atoms with Crippen molar-refractivity contribution in [1.82, 2.24) is 4.90 Å². The van der Waals surface area contributed by atoms with Crippen LogP contribution in [0.5, 0.6) is 0 Å². The molecule has 4 heteroatoms. The smallest absolute Gasteiger partial charge is 1.00 e. The topological polar surface area (TPSA) is 3.24 Å². The molecule has 0 fully saturated rings. The number of allylic oxidation sites excluding steroid dienone is 3. The van der Waals surface area contributed by atoms with Gasteiger partial charge >= 0.3 is 145 Å². The molecule has 1 nitrogen and oxygen atoms in total. The van der Waals surface area contributed by atoms with E-state index in [9.17, 15) is 0 Å². The molecular weight excluding hydrogens is 361 g/mol. The van der Waals surface area contributed by atoms with Crippen molar-refractivity contribution < 1.29 is 45.2 Å². The van der Waals surface area contributed by atoms with Gasteiger partial charge in [-0.05, 0) is 0 Å². The van der Waals surface area contributed by atoms with Crippen LogP contribution in [-0.4, -0.2) is 25.5 Å². The third kappa shape index (κ3) is 7.65. The maximum Gasteiger partial charge on any atom is -1.00 e. The minimum absolute atomic E-state index is 0. The second-order valence-corrected chi connectivity index (χ2v) is 7.81. The van der Waals surface area contributed by atoms with Gasteiger partial charge in [-0.25, -0.2) is 0 Å². The van der Waals surface area contributed by atoms with Crippen molar-refractivity contribution in [3.63, 3.8) is 0 Å². The molecule has 0 aromatic carbocycles. The standard InChI is InChI=1S/C19H34N.2ClH.Ti/c1-7-9-15(3)18-13-17(11-12-20(5)6)19(14-18)16(4)10-8-2;;;/h15-16H,7-13H2,1-6H3;2*1H;/q;;;+2/p-2. The van der Waals surface area contributed by atoms with Gasteiger partial charge in [0.1, 0.15) is 0 Å². The van der Waals surface area contributed by atoms with E-state index >= 15 is 0 Å². The first kappa shape index (κ1) is 26.0. The number of hydrogen-bond acceptors (Lipinski definition) is 1. The van der Waals surface area contributed by atoms with Gasteiger partial charge in [0.05, 0.1) is 0 Å². The summed E-state index contributed by atoms with van der Waals surface area (Å²) in [4.78, 5) is 2.32. The largest absolute Gasteiger partial charge is 1.00 e. The Kier molecular flexibility index (Phi) is 14.7. The third-order valence-corrected chi connectivity index (χ3v) is 5.69. The summed E-state index contributed by atoms with van der Waals surface area (Å²) in [7, 11) is 4.37. The molecule has 133 valence electrons. The summed E-state index contributed by atoms with van der Waals surface area (Å²) in [5, 5.41) is 0. The summed E-state index contributed by atoms with van der Waals surface area (Å²) < 4.78 is 1.64. The molecule has 0 N–H and O–H groups in total. The Morgan fingerprint density at radius 1 is 1.00 bits per heavy atom. The van der Waals surface area contributed by atoms with Crippen molar-refractivity contribution in [2.45, 2.75) is 66.2 Å². The molecule has 2 unspecified atom stereocenters. The zero-order chi connectivity index (χ0) is 16.0. The molecule has 0 heterocycles. The van der Waals surface area contributed by atoms with E-state index < -0.39 is 0 Å². The Morgan fingerprint density at radius 3 is 2.00 bits per heavy atom. The van der Waals surface area contributed by atoms with Gasteiger partial charge in [-0.3, -0.25) is 0 Å². The molecule has 0 radical (unpaired) electrons. The first-order chi connectivity index (χ1) is 9.92. The van der Waals surface area contributed by atoms with Crippen LogP contribution >= 0.6 is 0 Å². The average molecular weight is 395 g/mol. The fraction of sp³-hybridized carbons (Fsp3) is 0.789. The predicted octanol–water partition coefficient (Wildman–Crippen LogP) is -0.680. The van der Waals surface area contributed by atoms with Crippen LogP contribution in [0.3, 0.4) is 0 Å². The van der Waals surface area contributed by atoms with Gasteiger partial charge < -0.3 is 24.8 Å². The Hall–Kier alpha value is 0.734. The molecule has 2 atom stereocenters. The number of halogens is 2. The summed E-state index contributed by atoms with van der Waals surface area (Å²) in [6, 6.07) is 0. The fourth-order valence-corrected chi connectivity index (χ4v) is 4.73. The second-order valence-electron chi connectivity index (χ2n) is 7.03. The van der Waals surface area contributed by atoms with E-state index in [0.29, 0.717) is 0 Å². The van der Waals surface area contributed by atoms with Gasteiger partial charge in [0.25, 0.3) is 0 Å². The predicted molar refractivity (Wildman–Crippen MR) is 90.0 cm³/mol. The van der Waals surface area contributed by atoms with Gasteiger partial charge in [0.2, 0.25) is 0 Å². The van der Waals surface area contributed by atoms with Crippen LogP contribution in [0, 0.1) is 11.8 Å². The Morgan fingerprint density at radius 2 is 1.52 bits per heavy atom. The average Bonchev–Trinajstić information content (AvgIpc) is 2.74. The Labute approximate surface area is 169 Å². The van der Waals surface area contributed by atoms with Crippen molar-refractivity contribution in [3.05, 3.63) is 20.6 Å². The molecule has 1 aliphatic rings. The van der Waals surface area contributed by atoms with Crippen molar-refractivity contribution in [3.8, 4) is 0 Å². The van der Waals surface area contributed by atoms with E-state index in [0.717, 1.165) is 11.8 Å². The minimum atomic E-state index is 0. The van der Waals surface area contributed by atoms with E-state index in [1.807, 2.05) is 0 Å². The van der Waals surface area contributed by atoms with Gasteiger partial charge in [-0.15, -0.1) is 0 Å². The zero-order valence-electron chi connectivity index (χ0n) is 15.8. The molecule has 0 saturated carbocycles. The van der Waals surface area contributed by atoms with Crippen LogP contribution in [0.2, 0.25) is 0 Å². The monoisotopic (exact) mass is 394 g/mol. The molecule has 1 rings (SSSR count). The SMILES string of the molecule is CCCC(C)C1=[C]([Ti+2])C(C(C)CCC)=C(CCN(C)C)C1.[Cl-].[Cl-]. The van der Waals surface area contributed by atoms with E-state index in [1.165, 1.54) is 45.1 Å². The van der Waals surface area contributed by atoms with Crippen LogP contribution in [0.4, 0.5) is 0 Å². The van der Waals surface area contributed by atoms with Gasteiger partial charge in [0.15, 0.2) is 0 Å². The normalized spacial score (nSPS) is 17.3. The summed E-state index contributed by atoms with van der Waals surface area (Å²) in [5.41, 5.74) is 5.19. The van der Waals surface area contributed by atoms with E-state index in [2.05, 4.69) is 67.1 Å². The second kappa shape index (κ2) is 13.0. The zero-order valence-corrected chi connectivity index (χ0v) is 18.9. The van der Waals surface area contributed by atoms with Crippen LogP contribution in [0.25, 0.3) is 0 Å². The summed E-state index contributed by atoms with van der Waals surface area (Å²) in [5.74, 6) is 1.49. The molecule has 0 amide bonds. The quantitative estimate of drug-likeness (QED) is 0.468. The maximum absolute atomic E-state index is 2.44. The van der Waals surface area contributed by atoms with Gasteiger partial charge in [0, 0.05) is 0 Å². The van der Waals surface area contributed by atoms with Crippen molar-refractivity contribution in [1.29, 1.82) is 0 Å². The molecule has 0 spiro atoms. The molecule has 23 heavy (non-hydrogen) atoms.